The molecule has 0 N–H and O–H groups in total. The van der Waals surface area contributed by atoms with E-state index in [1.165, 1.54) is 92.3 Å². The van der Waals surface area contributed by atoms with Gasteiger partial charge in [0.15, 0.2) is 8.07 Å². The van der Waals surface area contributed by atoms with Gasteiger partial charge in [0.2, 0.25) is 0 Å². The van der Waals surface area contributed by atoms with Gasteiger partial charge in [-0.3, -0.25) is 0 Å². The molecule has 0 atom stereocenters. The number of aromatic nitrogens is 2. The molecule has 11 aromatic rings. The second-order valence-electron chi connectivity index (χ2n) is 15.2. The molecule has 0 saturated carbocycles. The van der Waals surface area contributed by atoms with E-state index in [1.807, 2.05) is 0 Å². The van der Waals surface area contributed by atoms with Crippen molar-refractivity contribution in [2.75, 3.05) is 0 Å². The minimum absolute atomic E-state index is 1.15. The van der Waals surface area contributed by atoms with Gasteiger partial charge in [-0.1, -0.05) is 170 Å². The van der Waals surface area contributed by atoms with E-state index in [9.17, 15) is 0 Å². The van der Waals surface area contributed by atoms with Crippen LogP contribution in [0.3, 0.4) is 0 Å². The number of benzene rings is 9. The molecule has 57 heavy (non-hydrogen) atoms. The Bertz CT molecular complexity index is 3290. The molecule has 0 amide bonds. The smallest absolute Gasteiger partial charge is 0.180 e. The van der Waals surface area contributed by atoms with Crippen molar-refractivity contribution >= 4 is 72.4 Å². The number of para-hydroxylation sites is 3. The van der Waals surface area contributed by atoms with E-state index in [0.29, 0.717) is 0 Å². The van der Waals surface area contributed by atoms with Crippen molar-refractivity contribution in [3.8, 4) is 33.6 Å². The highest BCUT2D eigenvalue weighted by Crippen LogP contribution is 2.42. The Kier molecular flexibility index (Phi) is 6.98. The predicted molar refractivity (Wildman–Crippen MR) is 243 cm³/mol. The third-order valence-electron chi connectivity index (χ3n) is 12.4. The molecule has 1 aliphatic heterocycles. The summed E-state index contributed by atoms with van der Waals surface area (Å²) in [6, 6.07) is 81.2. The fourth-order valence-electron chi connectivity index (χ4n) is 10.1. The Hall–Kier alpha value is -7.20. The molecule has 1 aliphatic rings. The third kappa shape index (κ3) is 4.52. The van der Waals surface area contributed by atoms with E-state index in [4.69, 9.17) is 0 Å². The molecule has 0 bridgehead atoms. The molecule has 9 aromatic carbocycles. The standard InChI is InChI=1S/C54H36N2Si/c1-3-17-39(18-4-1)55-47-26-11-7-24-45(47)53-49(55)34-35-50-54(53)46-25-8-12-27-48(46)56(50)40-32-30-37(31-33-40)38-16-15-21-42(36-38)57(41-19-5-2-6-20-41)51-28-13-9-22-43(51)44-23-10-14-29-52(44)57/h1-36H. The summed E-state index contributed by atoms with van der Waals surface area (Å²) < 4.78 is 4.86. The number of hydrogen-bond acceptors (Lipinski definition) is 0. The molecular weight excluding hydrogens is 705 g/mol. The van der Waals surface area contributed by atoms with Crippen molar-refractivity contribution in [2.24, 2.45) is 0 Å². The molecule has 0 aliphatic carbocycles. The van der Waals surface area contributed by atoms with Gasteiger partial charge in [-0.25, -0.2) is 0 Å². The van der Waals surface area contributed by atoms with Gasteiger partial charge in [-0.15, -0.1) is 0 Å². The molecule has 2 aromatic heterocycles. The van der Waals surface area contributed by atoms with Crippen LogP contribution in [0.5, 0.6) is 0 Å². The Morgan fingerprint density at radius 1 is 0.298 bits per heavy atom. The Labute approximate surface area is 332 Å². The predicted octanol–water partition coefficient (Wildman–Crippen LogP) is 10.9. The molecule has 266 valence electrons. The van der Waals surface area contributed by atoms with E-state index in [1.54, 1.807) is 0 Å². The Morgan fingerprint density at radius 3 is 1.37 bits per heavy atom. The van der Waals surface area contributed by atoms with Crippen molar-refractivity contribution in [2.45, 2.75) is 0 Å². The SMILES string of the molecule is c1ccc(-n2c3ccccc3c3c4c5ccccc5n(-c5ccc(-c6cccc([Si]7(c8ccccc8)c8ccccc8-c8ccccc87)c6)cc5)c4ccc32)cc1. The summed E-state index contributed by atoms with van der Waals surface area (Å²) in [6.45, 7) is 0. The van der Waals surface area contributed by atoms with Crippen LogP contribution in [0, 0.1) is 0 Å². The van der Waals surface area contributed by atoms with Crippen LogP contribution in [0.2, 0.25) is 0 Å². The lowest BCUT2D eigenvalue weighted by Gasteiger charge is -2.31. The Balaban J connectivity index is 1.03. The van der Waals surface area contributed by atoms with Gasteiger partial charge < -0.3 is 9.13 Å². The van der Waals surface area contributed by atoms with Crippen molar-refractivity contribution in [3.05, 3.63) is 218 Å². The third-order valence-corrected chi connectivity index (χ3v) is 17.3. The highest BCUT2D eigenvalue weighted by Gasteiger charge is 2.48. The average Bonchev–Trinajstić information content (AvgIpc) is 3.91. The topological polar surface area (TPSA) is 9.86 Å². The maximum Gasteiger partial charge on any atom is 0.180 e. The van der Waals surface area contributed by atoms with Crippen LogP contribution in [0.15, 0.2) is 218 Å². The van der Waals surface area contributed by atoms with Gasteiger partial charge in [-0.2, -0.15) is 0 Å². The summed E-state index contributed by atoms with van der Waals surface area (Å²) in [5.74, 6) is 0. The Morgan fingerprint density at radius 2 is 0.772 bits per heavy atom. The summed E-state index contributed by atoms with van der Waals surface area (Å²) >= 11 is 0. The highest BCUT2D eigenvalue weighted by molar-refractivity contribution is 7.22. The first-order valence-electron chi connectivity index (χ1n) is 19.8. The van der Waals surface area contributed by atoms with E-state index in [2.05, 4.69) is 228 Å². The van der Waals surface area contributed by atoms with Gasteiger partial charge in [-0.05, 0) is 91.5 Å². The summed E-state index contributed by atoms with van der Waals surface area (Å²) in [5, 5.41) is 10.9. The van der Waals surface area contributed by atoms with Crippen molar-refractivity contribution in [1.29, 1.82) is 0 Å². The second kappa shape index (κ2) is 12.4. The van der Waals surface area contributed by atoms with Crippen molar-refractivity contribution in [3.63, 3.8) is 0 Å². The summed E-state index contributed by atoms with van der Waals surface area (Å²) in [6.07, 6.45) is 0. The van der Waals surface area contributed by atoms with Crippen LogP contribution in [0.25, 0.3) is 77.2 Å². The van der Waals surface area contributed by atoms with Gasteiger partial charge >= 0.3 is 0 Å². The van der Waals surface area contributed by atoms with Crippen LogP contribution >= 0.6 is 0 Å². The van der Waals surface area contributed by atoms with Crippen molar-refractivity contribution in [1.82, 2.24) is 9.13 Å². The summed E-state index contributed by atoms with van der Waals surface area (Å²) in [4.78, 5) is 0. The van der Waals surface area contributed by atoms with Gasteiger partial charge in [0.05, 0.1) is 22.1 Å². The number of rotatable bonds is 5. The molecule has 0 fully saturated rings. The monoisotopic (exact) mass is 740 g/mol. The number of nitrogens with zero attached hydrogens (tertiary/aromatic N) is 2. The zero-order valence-corrected chi connectivity index (χ0v) is 32.2. The first-order valence-corrected chi connectivity index (χ1v) is 21.8. The summed E-state index contributed by atoms with van der Waals surface area (Å²) in [5.41, 5.74) is 12.4. The van der Waals surface area contributed by atoms with Gasteiger partial charge in [0.1, 0.15) is 0 Å². The van der Waals surface area contributed by atoms with E-state index in [0.717, 1.165) is 5.69 Å². The minimum Gasteiger partial charge on any atom is -0.309 e. The van der Waals surface area contributed by atoms with E-state index >= 15 is 0 Å². The average molecular weight is 741 g/mol. The first kappa shape index (κ1) is 32.1. The zero-order chi connectivity index (χ0) is 37.5. The molecule has 0 unspecified atom stereocenters. The fraction of sp³-hybridized carbons (Fsp3) is 0. The lowest BCUT2D eigenvalue weighted by molar-refractivity contribution is 1.17. The van der Waals surface area contributed by atoms with Gasteiger partial charge in [0, 0.05) is 32.9 Å². The van der Waals surface area contributed by atoms with Gasteiger partial charge in [0.25, 0.3) is 0 Å². The maximum atomic E-state index is 2.48. The van der Waals surface area contributed by atoms with Crippen LogP contribution in [0.1, 0.15) is 0 Å². The van der Waals surface area contributed by atoms with Crippen LogP contribution in [0.4, 0.5) is 0 Å². The van der Waals surface area contributed by atoms with E-state index < -0.39 is 8.07 Å². The van der Waals surface area contributed by atoms with Crippen LogP contribution in [-0.4, -0.2) is 17.2 Å². The molecule has 0 spiro atoms. The van der Waals surface area contributed by atoms with Crippen LogP contribution < -0.4 is 20.7 Å². The lowest BCUT2D eigenvalue weighted by Crippen LogP contribution is -2.72. The summed E-state index contributed by atoms with van der Waals surface area (Å²) in [7, 11) is -2.57. The first-order chi connectivity index (χ1) is 28.3. The molecule has 3 heteroatoms. The molecule has 12 rings (SSSR count). The van der Waals surface area contributed by atoms with Crippen LogP contribution in [-0.2, 0) is 0 Å². The fourth-order valence-corrected chi connectivity index (χ4v) is 15.3. The zero-order valence-electron chi connectivity index (χ0n) is 31.2. The molecule has 2 nitrogen and oxygen atoms in total. The molecule has 3 heterocycles. The molecule has 0 saturated heterocycles. The van der Waals surface area contributed by atoms with E-state index in [-0.39, 0.29) is 0 Å². The molecule has 0 radical (unpaired) electrons. The quantitative estimate of drug-likeness (QED) is 0.156. The maximum absolute atomic E-state index is 2.57. The largest absolute Gasteiger partial charge is 0.309 e. The van der Waals surface area contributed by atoms with Crippen molar-refractivity contribution < 1.29 is 0 Å². The molecular formula is C54H36N2Si. The number of fused-ring (bicyclic) bond motifs is 10. The number of hydrogen-bond donors (Lipinski definition) is 0. The normalized spacial score (nSPS) is 13.1. The lowest BCUT2D eigenvalue weighted by atomic mass is 10.1. The second-order valence-corrected chi connectivity index (χ2v) is 19.0. The highest BCUT2D eigenvalue weighted by atomic mass is 28.3. The minimum atomic E-state index is -2.57.